The zero-order chi connectivity index (χ0) is 21.2. The van der Waals surface area contributed by atoms with Crippen LogP contribution in [0.1, 0.15) is 26.2 Å². The lowest BCUT2D eigenvalue weighted by Crippen LogP contribution is -2.48. The lowest BCUT2D eigenvalue weighted by Gasteiger charge is -2.36. The summed E-state index contributed by atoms with van der Waals surface area (Å²) >= 11 is 0. The average Bonchev–Trinajstić information content (AvgIpc) is 2.78. The molecule has 2 aliphatic heterocycles. The Bertz CT molecular complexity index is 674. The Morgan fingerprint density at radius 3 is 2.45 bits per heavy atom. The Balaban J connectivity index is 0.00000341. The molecule has 0 aliphatic carbocycles. The molecule has 1 aromatic rings. The second-order valence-corrected chi connectivity index (χ2v) is 7.89. The zero-order valence-electron chi connectivity index (χ0n) is 18.5. The van der Waals surface area contributed by atoms with Crippen LogP contribution in [0.25, 0.3) is 0 Å². The van der Waals surface area contributed by atoms with Gasteiger partial charge >= 0.3 is 6.09 Å². The predicted molar refractivity (Wildman–Crippen MR) is 136 cm³/mol. The number of carbonyl (C=O) groups is 1. The van der Waals surface area contributed by atoms with Crippen molar-refractivity contribution in [2.75, 3.05) is 63.9 Å². The van der Waals surface area contributed by atoms with Crippen LogP contribution in [0.4, 0.5) is 10.5 Å². The number of anilines is 1. The van der Waals surface area contributed by atoms with Crippen LogP contribution in [0.15, 0.2) is 35.3 Å². The van der Waals surface area contributed by atoms with E-state index in [0.717, 1.165) is 58.5 Å². The minimum atomic E-state index is -0.220. The molecule has 3 N–H and O–H groups in total. The first-order valence-corrected chi connectivity index (χ1v) is 11.2. The van der Waals surface area contributed by atoms with Crippen LogP contribution in [0.3, 0.4) is 0 Å². The highest BCUT2D eigenvalue weighted by Gasteiger charge is 2.23. The van der Waals surface area contributed by atoms with Gasteiger partial charge in [0.2, 0.25) is 0 Å². The number of halogens is 1. The zero-order valence-corrected chi connectivity index (χ0v) is 20.9. The number of carbonyl (C=O) groups excluding carboxylic acids is 1. The van der Waals surface area contributed by atoms with Crippen molar-refractivity contribution in [3.63, 3.8) is 0 Å². The molecule has 3 rings (SSSR count). The Hall–Kier alpha value is -1.75. The molecule has 0 spiro atoms. The summed E-state index contributed by atoms with van der Waals surface area (Å²) in [6.07, 6.45) is 2.51. The number of guanidine groups is 1. The van der Waals surface area contributed by atoms with Gasteiger partial charge in [-0.15, -0.1) is 24.0 Å². The van der Waals surface area contributed by atoms with Crippen molar-refractivity contribution in [2.24, 2.45) is 10.7 Å². The first kappa shape index (κ1) is 25.5. The summed E-state index contributed by atoms with van der Waals surface area (Å²) < 4.78 is 5.05. The maximum Gasteiger partial charge on any atom is 0.409 e. The number of ether oxygens (including phenoxy) is 1. The van der Waals surface area contributed by atoms with Crippen molar-refractivity contribution < 1.29 is 9.53 Å². The van der Waals surface area contributed by atoms with Gasteiger partial charge in [-0.3, -0.25) is 9.89 Å². The van der Waals surface area contributed by atoms with Crippen LogP contribution >= 0.6 is 24.0 Å². The number of likely N-dealkylation sites (tertiary alicyclic amines) is 1. The monoisotopic (exact) mass is 544 g/mol. The first-order valence-electron chi connectivity index (χ1n) is 11.2. The molecule has 2 saturated heterocycles. The van der Waals surface area contributed by atoms with Crippen molar-refractivity contribution in [1.29, 1.82) is 0 Å². The van der Waals surface area contributed by atoms with Crippen molar-refractivity contribution >= 4 is 41.7 Å². The summed E-state index contributed by atoms with van der Waals surface area (Å²) in [6, 6.07) is 10.9. The SMILES string of the molecule is CCOC(=O)N1CCC(NC(N)=NCCCN2CCN(c3ccccc3)CC2)CC1.I. The van der Waals surface area contributed by atoms with E-state index in [1.54, 1.807) is 4.90 Å². The lowest BCUT2D eigenvalue weighted by molar-refractivity contribution is 0.0963. The summed E-state index contributed by atoms with van der Waals surface area (Å²) in [5, 5.41) is 3.30. The largest absolute Gasteiger partial charge is 0.450 e. The third kappa shape index (κ3) is 8.36. The van der Waals surface area contributed by atoms with Crippen LogP contribution in [0, 0.1) is 0 Å². The van der Waals surface area contributed by atoms with Gasteiger partial charge in [0.25, 0.3) is 0 Å². The number of nitrogens with one attached hydrogen (secondary N) is 1. The summed E-state index contributed by atoms with van der Waals surface area (Å²) in [7, 11) is 0. The van der Waals surface area contributed by atoms with Gasteiger partial charge in [-0.25, -0.2) is 4.79 Å². The molecule has 2 aliphatic rings. The number of piperidine rings is 1. The normalized spacial score (nSPS) is 18.4. The van der Waals surface area contributed by atoms with E-state index in [4.69, 9.17) is 10.5 Å². The predicted octanol–water partition coefficient (Wildman–Crippen LogP) is 2.34. The van der Waals surface area contributed by atoms with Crippen molar-refractivity contribution in [3.8, 4) is 0 Å². The first-order chi connectivity index (χ1) is 14.7. The van der Waals surface area contributed by atoms with Gasteiger partial charge in [0.05, 0.1) is 6.61 Å². The average molecular weight is 544 g/mol. The molecule has 0 radical (unpaired) electrons. The fraction of sp³-hybridized carbons (Fsp3) is 0.636. The van der Waals surface area contributed by atoms with Crippen LogP contribution in [-0.2, 0) is 4.74 Å². The van der Waals surface area contributed by atoms with Crippen molar-refractivity contribution in [1.82, 2.24) is 15.1 Å². The molecule has 2 fully saturated rings. The van der Waals surface area contributed by atoms with Crippen LogP contribution in [0.5, 0.6) is 0 Å². The van der Waals surface area contributed by atoms with E-state index in [1.165, 1.54) is 5.69 Å². The second-order valence-electron chi connectivity index (χ2n) is 7.89. The molecule has 0 atom stereocenters. The lowest BCUT2D eigenvalue weighted by atomic mass is 10.1. The molecular weight excluding hydrogens is 507 g/mol. The number of para-hydroxylation sites is 1. The smallest absolute Gasteiger partial charge is 0.409 e. The molecule has 9 heteroatoms. The Morgan fingerprint density at radius 2 is 1.81 bits per heavy atom. The van der Waals surface area contributed by atoms with Gasteiger partial charge in [0.1, 0.15) is 0 Å². The van der Waals surface area contributed by atoms with Gasteiger partial charge in [0.15, 0.2) is 5.96 Å². The van der Waals surface area contributed by atoms with E-state index in [1.807, 2.05) is 6.92 Å². The molecule has 1 aromatic carbocycles. The molecule has 2 heterocycles. The Labute approximate surface area is 203 Å². The molecule has 0 aromatic heterocycles. The van der Waals surface area contributed by atoms with E-state index >= 15 is 0 Å². The van der Waals surface area contributed by atoms with Crippen molar-refractivity contribution in [3.05, 3.63) is 30.3 Å². The maximum absolute atomic E-state index is 11.8. The van der Waals surface area contributed by atoms with Crippen LogP contribution in [0.2, 0.25) is 0 Å². The second kappa shape index (κ2) is 13.6. The van der Waals surface area contributed by atoms with E-state index in [-0.39, 0.29) is 36.1 Å². The van der Waals surface area contributed by atoms with E-state index in [9.17, 15) is 4.79 Å². The molecule has 174 valence electrons. The number of hydrogen-bond acceptors (Lipinski definition) is 5. The highest BCUT2D eigenvalue weighted by atomic mass is 127. The molecule has 1 amide bonds. The number of nitrogens with two attached hydrogens (primary N) is 1. The third-order valence-corrected chi connectivity index (χ3v) is 5.78. The van der Waals surface area contributed by atoms with Gasteiger partial charge in [-0.05, 0) is 38.3 Å². The number of aliphatic imine (C=N–C) groups is 1. The fourth-order valence-electron chi connectivity index (χ4n) is 4.04. The highest BCUT2D eigenvalue weighted by molar-refractivity contribution is 14.0. The molecule has 0 unspecified atom stereocenters. The molecule has 0 saturated carbocycles. The number of rotatable bonds is 7. The van der Waals surface area contributed by atoms with Gasteiger partial charge in [-0.2, -0.15) is 0 Å². The topological polar surface area (TPSA) is 86.4 Å². The van der Waals surface area contributed by atoms with E-state index in [2.05, 4.69) is 50.4 Å². The van der Waals surface area contributed by atoms with E-state index in [0.29, 0.717) is 25.7 Å². The minimum absolute atomic E-state index is 0. The summed E-state index contributed by atoms with van der Waals surface area (Å²) in [4.78, 5) is 22.9. The minimum Gasteiger partial charge on any atom is -0.450 e. The third-order valence-electron chi connectivity index (χ3n) is 5.78. The van der Waals surface area contributed by atoms with Gasteiger partial charge in [0, 0.05) is 64.1 Å². The number of amides is 1. The maximum atomic E-state index is 11.8. The fourth-order valence-corrected chi connectivity index (χ4v) is 4.04. The molecule has 8 nitrogen and oxygen atoms in total. The molecular formula is C22H37IN6O2. The summed E-state index contributed by atoms with van der Waals surface area (Å²) in [6.45, 7) is 9.74. The van der Waals surface area contributed by atoms with Gasteiger partial charge in [-0.1, -0.05) is 18.2 Å². The number of nitrogens with zero attached hydrogens (tertiary/aromatic N) is 4. The van der Waals surface area contributed by atoms with Gasteiger partial charge < -0.3 is 25.6 Å². The quantitative estimate of drug-likeness (QED) is 0.237. The number of piperazine rings is 1. The van der Waals surface area contributed by atoms with Crippen molar-refractivity contribution in [2.45, 2.75) is 32.2 Å². The standard InChI is InChI=1S/C22H36N6O2.HI/c1-2-30-22(29)28-13-9-19(10-14-28)25-21(23)24-11-6-12-26-15-17-27(18-16-26)20-7-4-3-5-8-20;/h3-5,7-8,19H,2,6,9-18H2,1H3,(H3,23,24,25);1H. The Kier molecular flexibility index (Phi) is 11.2. The molecule has 31 heavy (non-hydrogen) atoms. The Morgan fingerprint density at radius 1 is 1.13 bits per heavy atom. The summed E-state index contributed by atoms with van der Waals surface area (Å²) in [5.41, 5.74) is 7.38. The number of benzene rings is 1. The molecule has 0 bridgehead atoms. The number of hydrogen-bond donors (Lipinski definition) is 2. The van der Waals surface area contributed by atoms with Crippen LogP contribution < -0.4 is 16.0 Å². The van der Waals surface area contributed by atoms with Crippen LogP contribution in [-0.4, -0.2) is 86.9 Å². The summed E-state index contributed by atoms with van der Waals surface area (Å²) in [5.74, 6) is 0.512. The highest BCUT2D eigenvalue weighted by Crippen LogP contribution is 2.15. The van der Waals surface area contributed by atoms with E-state index < -0.39 is 0 Å².